The number of hydrogen-bond acceptors (Lipinski definition) is 5. The van der Waals surface area contributed by atoms with Gasteiger partial charge in [-0.2, -0.15) is 5.10 Å². The van der Waals surface area contributed by atoms with E-state index in [0.29, 0.717) is 28.6 Å². The normalized spacial score (nSPS) is 10.8. The molecule has 0 spiro atoms. The second-order valence-corrected chi connectivity index (χ2v) is 7.34. The number of carbonyl (C=O) groups excluding carboxylic acids is 2. The Labute approximate surface area is 174 Å². The Bertz CT molecular complexity index is 1170. The first kappa shape index (κ1) is 21.4. The van der Waals surface area contributed by atoms with E-state index in [0.717, 1.165) is 23.9 Å². The van der Waals surface area contributed by atoms with Crippen molar-refractivity contribution in [3.8, 4) is 0 Å². The molecular formula is C20H18F2N4O3S. The number of aromatic nitrogens is 2. The first-order chi connectivity index (χ1) is 14.4. The molecule has 30 heavy (non-hydrogen) atoms. The van der Waals surface area contributed by atoms with Gasteiger partial charge in [-0.1, -0.05) is 25.1 Å². The number of amides is 2. The lowest BCUT2D eigenvalue weighted by atomic mass is 10.1. The third-order valence-electron chi connectivity index (χ3n) is 4.09. The molecule has 3 aromatic rings. The minimum Gasteiger partial charge on any atom is -0.272 e. The number of hydrogen-bond donors (Lipinski definition) is 2. The molecule has 0 fully saturated rings. The van der Waals surface area contributed by atoms with E-state index in [2.05, 4.69) is 16.0 Å². The van der Waals surface area contributed by atoms with Crippen molar-refractivity contribution in [2.75, 3.05) is 5.75 Å². The summed E-state index contributed by atoms with van der Waals surface area (Å²) in [5.74, 6) is -3.34. The summed E-state index contributed by atoms with van der Waals surface area (Å²) in [4.78, 5) is 37.4. The van der Waals surface area contributed by atoms with Gasteiger partial charge >= 0.3 is 0 Å². The molecule has 0 aliphatic carbocycles. The van der Waals surface area contributed by atoms with Crippen molar-refractivity contribution in [2.24, 2.45) is 0 Å². The van der Waals surface area contributed by atoms with Gasteiger partial charge < -0.3 is 0 Å². The molecule has 2 amide bonds. The number of thioether (sulfide) groups is 1. The minimum absolute atomic E-state index is 0.00667. The number of fused-ring (bicyclic) bond motifs is 1. The topological polar surface area (TPSA) is 93.1 Å². The molecule has 0 aliphatic heterocycles. The van der Waals surface area contributed by atoms with E-state index in [-0.39, 0.29) is 17.0 Å². The fraction of sp³-hybridized carbons (Fsp3) is 0.200. The van der Waals surface area contributed by atoms with E-state index in [1.54, 1.807) is 24.3 Å². The molecule has 1 heterocycles. The molecule has 2 aromatic carbocycles. The van der Waals surface area contributed by atoms with Gasteiger partial charge in [-0.15, -0.1) is 11.8 Å². The number of hydrazine groups is 1. The molecule has 0 aliphatic rings. The van der Waals surface area contributed by atoms with Crippen molar-refractivity contribution >= 4 is 34.3 Å². The first-order valence-corrected chi connectivity index (χ1v) is 10.1. The average Bonchev–Trinajstić information content (AvgIpc) is 2.75. The predicted octanol–water partition coefficient (Wildman–Crippen LogP) is 2.64. The summed E-state index contributed by atoms with van der Waals surface area (Å²) in [6, 6.07) is 9.90. The molecule has 0 bridgehead atoms. The zero-order valence-electron chi connectivity index (χ0n) is 15.9. The van der Waals surface area contributed by atoms with Crippen molar-refractivity contribution < 1.29 is 18.4 Å². The van der Waals surface area contributed by atoms with Crippen LogP contribution in [0, 0.1) is 11.6 Å². The fourth-order valence-corrected chi connectivity index (χ4v) is 3.42. The van der Waals surface area contributed by atoms with Gasteiger partial charge in [0.05, 0.1) is 11.1 Å². The highest BCUT2D eigenvalue weighted by molar-refractivity contribution is 8.00. The predicted molar refractivity (Wildman–Crippen MR) is 109 cm³/mol. The molecule has 2 N–H and O–H groups in total. The number of halogens is 2. The van der Waals surface area contributed by atoms with Gasteiger partial charge in [-0.25, -0.2) is 13.5 Å². The Kier molecular flexibility index (Phi) is 6.78. The van der Waals surface area contributed by atoms with Gasteiger partial charge in [0.2, 0.25) is 5.91 Å². The standard InChI is InChI=1S/C20H18F2N4O3S/c1-2-9-26-20(29)14-6-4-3-5-13(14)18(25-26)19(28)24-23-17(27)11-30-12-7-8-15(21)16(22)10-12/h3-8,10H,2,9,11H2,1H3,(H,23,27)(H,24,28). The molecule has 0 radical (unpaired) electrons. The van der Waals surface area contributed by atoms with Crippen molar-refractivity contribution in [1.82, 2.24) is 20.6 Å². The Hall–Kier alpha value is -3.27. The third-order valence-corrected chi connectivity index (χ3v) is 5.09. The van der Waals surface area contributed by atoms with E-state index in [1.807, 2.05) is 6.92 Å². The van der Waals surface area contributed by atoms with Crippen LogP contribution in [0.4, 0.5) is 8.78 Å². The van der Waals surface area contributed by atoms with Crippen LogP contribution in [0.25, 0.3) is 10.8 Å². The van der Waals surface area contributed by atoms with Crippen LogP contribution in [-0.4, -0.2) is 27.3 Å². The molecule has 1 aromatic heterocycles. The van der Waals surface area contributed by atoms with E-state index >= 15 is 0 Å². The smallest absolute Gasteiger partial charge is 0.272 e. The van der Waals surface area contributed by atoms with E-state index in [4.69, 9.17) is 0 Å². The van der Waals surface area contributed by atoms with E-state index in [9.17, 15) is 23.2 Å². The van der Waals surface area contributed by atoms with Crippen LogP contribution < -0.4 is 16.4 Å². The highest BCUT2D eigenvalue weighted by Gasteiger charge is 2.17. The van der Waals surface area contributed by atoms with Gasteiger partial charge in [-0.05, 0) is 30.7 Å². The maximum absolute atomic E-state index is 13.2. The highest BCUT2D eigenvalue weighted by atomic mass is 32.2. The van der Waals surface area contributed by atoms with Crippen LogP contribution in [0.5, 0.6) is 0 Å². The zero-order valence-corrected chi connectivity index (χ0v) is 16.8. The summed E-state index contributed by atoms with van der Waals surface area (Å²) >= 11 is 0.981. The third kappa shape index (κ3) is 4.82. The van der Waals surface area contributed by atoms with E-state index < -0.39 is 23.4 Å². The monoisotopic (exact) mass is 432 g/mol. The fourth-order valence-electron chi connectivity index (χ4n) is 2.70. The van der Waals surface area contributed by atoms with Crippen LogP contribution in [0.1, 0.15) is 23.8 Å². The Balaban J connectivity index is 1.69. The minimum atomic E-state index is -1.01. The molecular weight excluding hydrogens is 414 g/mol. The quantitative estimate of drug-likeness (QED) is 0.462. The van der Waals surface area contributed by atoms with Gasteiger partial charge in [0, 0.05) is 16.8 Å². The summed E-state index contributed by atoms with van der Waals surface area (Å²) in [5, 5.41) is 4.86. The summed E-state index contributed by atoms with van der Waals surface area (Å²) in [5.41, 5.74) is 4.24. The molecule has 0 saturated heterocycles. The average molecular weight is 432 g/mol. The number of aryl methyl sites for hydroxylation is 1. The van der Waals surface area contributed by atoms with Crippen molar-refractivity contribution in [3.05, 3.63) is 70.1 Å². The second-order valence-electron chi connectivity index (χ2n) is 6.29. The van der Waals surface area contributed by atoms with Crippen molar-refractivity contribution in [3.63, 3.8) is 0 Å². The first-order valence-electron chi connectivity index (χ1n) is 9.07. The molecule has 0 unspecified atom stereocenters. The van der Waals surface area contributed by atoms with Crippen molar-refractivity contribution in [1.29, 1.82) is 0 Å². The van der Waals surface area contributed by atoms with Gasteiger partial charge in [0.15, 0.2) is 17.3 Å². The van der Waals surface area contributed by atoms with Crippen LogP contribution >= 0.6 is 11.8 Å². The lowest BCUT2D eigenvalue weighted by molar-refractivity contribution is -0.119. The number of nitrogens with one attached hydrogen (secondary N) is 2. The maximum atomic E-state index is 13.2. The molecule has 3 rings (SSSR count). The highest BCUT2D eigenvalue weighted by Crippen LogP contribution is 2.20. The Morgan fingerprint density at radius 2 is 1.80 bits per heavy atom. The van der Waals surface area contributed by atoms with Crippen LogP contribution in [0.3, 0.4) is 0 Å². The van der Waals surface area contributed by atoms with E-state index in [1.165, 1.54) is 10.7 Å². The lowest BCUT2D eigenvalue weighted by Crippen LogP contribution is -2.43. The molecule has 0 atom stereocenters. The van der Waals surface area contributed by atoms with Gasteiger partial charge in [-0.3, -0.25) is 25.2 Å². The number of benzene rings is 2. The molecule has 156 valence electrons. The van der Waals surface area contributed by atoms with Crippen LogP contribution in [-0.2, 0) is 11.3 Å². The van der Waals surface area contributed by atoms with Gasteiger partial charge in [0.1, 0.15) is 0 Å². The van der Waals surface area contributed by atoms with Crippen LogP contribution in [0.2, 0.25) is 0 Å². The largest absolute Gasteiger partial charge is 0.290 e. The summed E-state index contributed by atoms with van der Waals surface area (Å²) in [6.07, 6.45) is 0.657. The Morgan fingerprint density at radius 3 is 2.50 bits per heavy atom. The van der Waals surface area contributed by atoms with Crippen molar-refractivity contribution in [2.45, 2.75) is 24.8 Å². The molecule has 7 nitrogen and oxygen atoms in total. The van der Waals surface area contributed by atoms with Gasteiger partial charge in [0.25, 0.3) is 11.5 Å². The zero-order chi connectivity index (χ0) is 21.7. The molecule has 0 saturated carbocycles. The lowest BCUT2D eigenvalue weighted by Gasteiger charge is -2.11. The summed E-state index contributed by atoms with van der Waals surface area (Å²) in [7, 11) is 0. The summed E-state index contributed by atoms with van der Waals surface area (Å²) in [6.45, 7) is 2.23. The summed E-state index contributed by atoms with van der Waals surface area (Å²) < 4.78 is 27.4. The second kappa shape index (κ2) is 9.49. The SMILES string of the molecule is CCCn1nc(C(=O)NNC(=O)CSc2ccc(F)c(F)c2)c2ccccc2c1=O. The molecule has 10 heteroatoms. The number of rotatable bonds is 6. The Morgan fingerprint density at radius 1 is 1.07 bits per heavy atom. The van der Waals surface area contributed by atoms with Crippen LogP contribution in [0.15, 0.2) is 52.2 Å². The number of carbonyl (C=O) groups is 2. The maximum Gasteiger partial charge on any atom is 0.290 e. The number of nitrogens with zero attached hydrogens (tertiary/aromatic N) is 2.